The molecule has 178 valence electrons. The Morgan fingerprint density at radius 3 is 2.63 bits per heavy atom. The van der Waals surface area contributed by atoms with Crippen LogP contribution in [0.15, 0.2) is 72.4 Å². The molecule has 4 rings (SSSR count). The normalized spacial score (nSPS) is 14.3. The maximum Gasteiger partial charge on any atom is 0.329 e. The Morgan fingerprint density at radius 2 is 1.86 bits per heavy atom. The van der Waals surface area contributed by atoms with E-state index in [1.54, 1.807) is 60.7 Å². The smallest absolute Gasteiger partial charge is 0.329 e. The van der Waals surface area contributed by atoms with Gasteiger partial charge in [-0.05, 0) is 48.9 Å². The highest BCUT2D eigenvalue weighted by atomic mass is 35.5. The Labute approximate surface area is 212 Å². The number of ether oxygens (including phenoxy) is 1. The predicted molar refractivity (Wildman–Crippen MR) is 135 cm³/mol. The first-order valence-corrected chi connectivity index (χ1v) is 11.4. The number of nitrogens with zero attached hydrogens (tertiary/aromatic N) is 1. The molecule has 0 aliphatic carbocycles. The molecule has 0 unspecified atom stereocenters. The molecule has 0 radical (unpaired) electrons. The average Bonchev–Trinajstić information content (AvgIpc) is 3.06. The highest BCUT2D eigenvalue weighted by Gasteiger charge is 2.35. The molecule has 1 aliphatic heterocycles. The van der Waals surface area contributed by atoms with E-state index in [0.717, 1.165) is 16.0 Å². The van der Waals surface area contributed by atoms with Crippen LogP contribution in [0.5, 0.6) is 5.75 Å². The van der Waals surface area contributed by atoms with Gasteiger partial charge in [-0.3, -0.25) is 9.59 Å². The van der Waals surface area contributed by atoms with Crippen molar-refractivity contribution in [3.8, 4) is 5.75 Å². The van der Waals surface area contributed by atoms with E-state index in [0.29, 0.717) is 27.0 Å². The zero-order valence-electron chi connectivity index (χ0n) is 18.7. The van der Waals surface area contributed by atoms with Crippen LogP contribution < -0.4 is 15.4 Å². The van der Waals surface area contributed by atoms with E-state index in [1.807, 2.05) is 13.0 Å². The quantitative estimate of drug-likeness (QED) is 0.329. The number of imide groups is 1. The molecule has 1 saturated heterocycles. The van der Waals surface area contributed by atoms with E-state index in [4.69, 9.17) is 27.9 Å². The van der Waals surface area contributed by atoms with Crippen LogP contribution >= 0.6 is 23.2 Å². The fraction of sp³-hybridized carbons (Fsp3) is 0.115. The molecule has 3 aromatic rings. The van der Waals surface area contributed by atoms with Crippen molar-refractivity contribution < 1.29 is 19.1 Å². The SMILES string of the molecule is Cc1cccc(NC(=O)CN2C(=O)N/C(=C/c3ccccc3OCc3ccc(Cl)cc3Cl)C2=O)c1. The predicted octanol–water partition coefficient (Wildman–Crippen LogP) is 5.41. The number of carbonyl (C=O) groups excluding carboxylic acids is 3. The van der Waals surface area contributed by atoms with Gasteiger partial charge in [0.05, 0.1) is 0 Å². The largest absolute Gasteiger partial charge is 0.488 e. The lowest BCUT2D eigenvalue weighted by Gasteiger charge is -2.12. The number of halogens is 2. The Bertz CT molecular complexity index is 1340. The summed E-state index contributed by atoms with van der Waals surface area (Å²) < 4.78 is 5.91. The van der Waals surface area contributed by atoms with Gasteiger partial charge in [0.1, 0.15) is 24.6 Å². The summed E-state index contributed by atoms with van der Waals surface area (Å²) in [6.45, 7) is 1.67. The van der Waals surface area contributed by atoms with Crippen molar-refractivity contribution in [1.82, 2.24) is 10.2 Å². The molecule has 0 saturated carbocycles. The van der Waals surface area contributed by atoms with Crippen LogP contribution in [0.2, 0.25) is 10.0 Å². The van der Waals surface area contributed by atoms with Gasteiger partial charge >= 0.3 is 6.03 Å². The number of hydrogen-bond donors (Lipinski definition) is 2. The summed E-state index contributed by atoms with van der Waals surface area (Å²) >= 11 is 12.2. The standard InChI is InChI=1S/C26H21Cl2N3O4/c1-16-5-4-7-20(11-16)29-24(32)14-31-25(33)22(30-26(31)34)12-17-6-2-3-8-23(17)35-15-18-9-10-19(27)13-21(18)28/h2-13H,14-15H2,1H3,(H,29,32)(H,30,34)/b22-12+. The van der Waals surface area contributed by atoms with Crippen LogP contribution in [0.4, 0.5) is 10.5 Å². The fourth-order valence-electron chi connectivity index (χ4n) is 3.46. The van der Waals surface area contributed by atoms with Gasteiger partial charge in [-0.2, -0.15) is 0 Å². The molecule has 3 aromatic carbocycles. The van der Waals surface area contributed by atoms with E-state index in [9.17, 15) is 14.4 Å². The Hall–Kier alpha value is -3.81. The summed E-state index contributed by atoms with van der Waals surface area (Å²) in [5.41, 5.74) is 2.92. The van der Waals surface area contributed by atoms with Crippen LogP contribution in [-0.2, 0) is 16.2 Å². The lowest BCUT2D eigenvalue weighted by Crippen LogP contribution is -2.38. The third-order valence-electron chi connectivity index (χ3n) is 5.18. The first-order chi connectivity index (χ1) is 16.8. The van der Waals surface area contributed by atoms with Crippen LogP contribution in [0.25, 0.3) is 6.08 Å². The molecule has 0 bridgehead atoms. The van der Waals surface area contributed by atoms with Gasteiger partial charge in [0, 0.05) is 26.9 Å². The molecule has 4 amide bonds. The summed E-state index contributed by atoms with van der Waals surface area (Å²) in [5.74, 6) is -0.599. The van der Waals surface area contributed by atoms with Crippen molar-refractivity contribution in [1.29, 1.82) is 0 Å². The summed E-state index contributed by atoms with van der Waals surface area (Å²) in [5, 5.41) is 6.22. The molecule has 35 heavy (non-hydrogen) atoms. The minimum atomic E-state index is -0.674. The number of para-hydroxylation sites is 1. The topological polar surface area (TPSA) is 87.7 Å². The van der Waals surface area contributed by atoms with Gasteiger partial charge in [-0.25, -0.2) is 9.69 Å². The summed E-state index contributed by atoms with van der Waals surface area (Å²) in [4.78, 5) is 38.5. The molecule has 1 aliphatic rings. The summed E-state index contributed by atoms with van der Waals surface area (Å²) in [7, 11) is 0. The highest BCUT2D eigenvalue weighted by molar-refractivity contribution is 6.35. The van der Waals surface area contributed by atoms with Crippen molar-refractivity contribution >= 4 is 52.8 Å². The maximum atomic E-state index is 12.9. The Morgan fingerprint density at radius 1 is 1.06 bits per heavy atom. The number of aryl methyl sites for hydroxylation is 1. The van der Waals surface area contributed by atoms with E-state index in [-0.39, 0.29) is 12.3 Å². The fourth-order valence-corrected chi connectivity index (χ4v) is 3.93. The lowest BCUT2D eigenvalue weighted by atomic mass is 10.1. The number of anilines is 1. The van der Waals surface area contributed by atoms with Crippen LogP contribution in [-0.4, -0.2) is 29.3 Å². The van der Waals surface area contributed by atoms with E-state index >= 15 is 0 Å². The second-order valence-corrected chi connectivity index (χ2v) is 8.70. The first kappa shape index (κ1) is 24.3. The molecule has 0 spiro atoms. The Kier molecular flexibility index (Phi) is 7.39. The molecule has 0 aromatic heterocycles. The van der Waals surface area contributed by atoms with E-state index < -0.39 is 24.4 Å². The second-order valence-electron chi connectivity index (χ2n) is 7.86. The van der Waals surface area contributed by atoms with Gasteiger partial charge in [0.15, 0.2) is 0 Å². The zero-order valence-corrected chi connectivity index (χ0v) is 20.2. The van der Waals surface area contributed by atoms with Crippen LogP contribution in [0.1, 0.15) is 16.7 Å². The maximum absolute atomic E-state index is 12.9. The number of rotatable bonds is 7. The number of hydrogen-bond acceptors (Lipinski definition) is 4. The van der Waals surface area contributed by atoms with Gasteiger partial charge in [0.2, 0.25) is 5.91 Å². The third-order valence-corrected chi connectivity index (χ3v) is 5.77. The zero-order chi connectivity index (χ0) is 24.9. The molecule has 0 atom stereocenters. The first-order valence-electron chi connectivity index (χ1n) is 10.7. The molecule has 7 nitrogen and oxygen atoms in total. The lowest BCUT2D eigenvalue weighted by molar-refractivity contribution is -0.127. The second kappa shape index (κ2) is 10.6. The number of amides is 4. The average molecular weight is 510 g/mol. The third kappa shape index (κ3) is 6.01. The number of urea groups is 1. The van der Waals surface area contributed by atoms with Crippen molar-refractivity contribution in [2.75, 3.05) is 11.9 Å². The van der Waals surface area contributed by atoms with Crippen molar-refractivity contribution in [3.05, 3.63) is 99.2 Å². The van der Waals surface area contributed by atoms with Crippen molar-refractivity contribution in [2.45, 2.75) is 13.5 Å². The minimum absolute atomic E-state index is 0.0407. The van der Waals surface area contributed by atoms with E-state index in [1.165, 1.54) is 6.08 Å². The highest BCUT2D eigenvalue weighted by Crippen LogP contribution is 2.26. The molecular formula is C26H21Cl2N3O4. The van der Waals surface area contributed by atoms with Crippen molar-refractivity contribution in [2.24, 2.45) is 0 Å². The van der Waals surface area contributed by atoms with Gasteiger partial charge in [0.25, 0.3) is 5.91 Å². The number of benzene rings is 3. The van der Waals surface area contributed by atoms with Crippen molar-refractivity contribution in [3.63, 3.8) is 0 Å². The summed E-state index contributed by atoms with van der Waals surface area (Å²) in [6, 6.07) is 18.7. The number of carbonyl (C=O) groups is 3. The van der Waals surface area contributed by atoms with E-state index in [2.05, 4.69) is 10.6 Å². The van der Waals surface area contributed by atoms with Crippen LogP contribution in [0.3, 0.4) is 0 Å². The van der Waals surface area contributed by atoms with Gasteiger partial charge in [-0.15, -0.1) is 0 Å². The number of nitrogens with one attached hydrogen (secondary N) is 2. The molecular weight excluding hydrogens is 489 g/mol. The summed E-state index contributed by atoms with van der Waals surface area (Å²) in [6.07, 6.45) is 1.51. The monoisotopic (exact) mass is 509 g/mol. The molecule has 9 heteroatoms. The molecule has 2 N–H and O–H groups in total. The molecule has 1 fully saturated rings. The molecule has 1 heterocycles. The van der Waals surface area contributed by atoms with Gasteiger partial charge in [-0.1, -0.05) is 59.6 Å². The Balaban J connectivity index is 1.46. The van der Waals surface area contributed by atoms with Gasteiger partial charge < -0.3 is 15.4 Å². The van der Waals surface area contributed by atoms with Crippen LogP contribution in [0, 0.1) is 6.92 Å². The minimum Gasteiger partial charge on any atom is -0.488 e.